The number of hydrogen-bond donors (Lipinski definition) is 0. The van der Waals surface area contributed by atoms with Crippen molar-refractivity contribution in [3.63, 3.8) is 0 Å². The summed E-state index contributed by atoms with van der Waals surface area (Å²) in [5.74, 6) is 1.61. The highest BCUT2D eigenvalue weighted by atomic mass is 32.2. The molecule has 1 spiro atoms. The van der Waals surface area contributed by atoms with Crippen LogP contribution in [0.3, 0.4) is 0 Å². The highest BCUT2D eigenvalue weighted by Gasteiger charge is 2.51. The maximum absolute atomic E-state index is 7.21. The standard InChI is InChI=1S/C64H41NO3S/c1-63(2)49-19-9-6-16-43(49)44-30-28-41(36-54(44)63)65(40-26-24-39(25-27-40)38-14-4-3-5-15-38)42-29-33-51-58(37-42)66-57-23-13-10-20-50(57)64(51)52-34-31-47-45-17-7-11-21-55(45)67-59(47)61(52)69-62-53(64)35-32-48-46-18-8-12-22-56(46)68-60(48)62/h3-37H,1-2H3. The number of nitrogens with zero attached hydrogens (tertiary/aromatic N) is 1. The van der Waals surface area contributed by atoms with E-state index in [1.807, 2.05) is 12.1 Å². The highest BCUT2D eigenvalue weighted by molar-refractivity contribution is 8.00. The first-order valence-corrected chi connectivity index (χ1v) is 24.5. The lowest BCUT2D eigenvalue weighted by Crippen LogP contribution is -2.37. The van der Waals surface area contributed by atoms with E-state index < -0.39 is 5.41 Å². The first-order valence-electron chi connectivity index (χ1n) is 23.6. The topological polar surface area (TPSA) is 38.8 Å². The number of para-hydroxylation sites is 3. The van der Waals surface area contributed by atoms with Crippen LogP contribution in [0.1, 0.15) is 47.2 Å². The van der Waals surface area contributed by atoms with Gasteiger partial charge in [-0.1, -0.05) is 183 Å². The largest absolute Gasteiger partial charge is 0.457 e. The van der Waals surface area contributed by atoms with Crippen molar-refractivity contribution >= 4 is 72.7 Å². The fraction of sp³-hybridized carbons (Fsp3) is 0.0625. The fourth-order valence-electron chi connectivity index (χ4n) is 12.0. The zero-order valence-electron chi connectivity index (χ0n) is 37.8. The fourth-order valence-corrected chi connectivity index (χ4v) is 13.4. The molecule has 2 aliphatic heterocycles. The Morgan fingerprint density at radius 1 is 0.377 bits per heavy atom. The van der Waals surface area contributed by atoms with Gasteiger partial charge in [0.05, 0.1) is 15.2 Å². The van der Waals surface area contributed by atoms with Crippen LogP contribution in [0.25, 0.3) is 66.1 Å². The molecule has 4 nitrogen and oxygen atoms in total. The Kier molecular flexibility index (Phi) is 7.96. The number of hydrogen-bond acceptors (Lipinski definition) is 5. The summed E-state index contributed by atoms with van der Waals surface area (Å²) in [7, 11) is 0. The summed E-state index contributed by atoms with van der Waals surface area (Å²) in [5.41, 5.74) is 17.7. The molecule has 0 saturated carbocycles. The van der Waals surface area contributed by atoms with Crippen LogP contribution in [-0.2, 0) is 10.8 Å². The minimum atomic E-state index is -0.801. The molecule has 15 rings (SSSR count). The lowest BCUT2D eigenvalue weighted by Gasteiger charge is -2.45. The van der Waals surface area contributed by atoms with Crippen LogP contribution in [-0.4, -0.2) is 0 Å². The molecule has 0 N–H and O–H groups in total. The second kappa shape index (κ2) is 14.1. The van der Waals surface area contributed by atoms with Gasteiger partial charge < -0.3 is 18.5 Å². The number of benzene rings is 10. The molecule has 1 aliphatic carbocycles. The molecule has 326 valence electrons. The third kappa shape index (κ3) is 5.31. The maximum atomic E-state index is 7.21. The van der Waals surface area contributed by atoms with Crippen LogP contribution < -0.4 is 9.64 Å². The number of furan rings is 2. The van der Waals surface area contributed by atoms with E-state index in [1.54, 1.807) is 11.8 Å². The lowest BCUT2D eigenvalue weighted by atomic mass is 9.63. The Labute approximate surface area is 403 Å². The Bertz CT molecular complexity index is 4000. The van der Waals surface area contributed by atoms with Crippen molar-refractivity contribution in [2.24, 2.45) is 0 Å². The van der Waals surface area contributed by atoms with Crippen LogP contribution in [0.2, 0.25) is 0 Å². The predicted octanol–water partition coefficient (Wildman–Crippen LogP) is 17.9. The molecule has 0 fully saturated rings. The molecule has 0 atom stereocenters. The molecule has 5 heteroatoms. The van der Waals surface area contributed by atoms with Gasteiger partial charge in [-0.2, -0.15) is 0 Å². The summed E-state index contributed by atoms with van der Waals surface area (Å²) >= 11 is 1.76. The third-order valence-electron chi connectivity index (χ3n) is 15.2. The van der Waals surface area contributed by atoms with Crippen molar-refractivity contribution in [3.05, 3.63) is 246 Å². The minimum Gasteiger partial charge on any atom is -0.457 e. The van der Waals surface area contributed by atoms with Gasteiger partial charge in [-0.05, 0) is 93.0 Å². The van der Waals surface area contributed by atoms with Crippen LogP contribution in [0.15, 0.2) is 231 Å². The van der Waals surface area contributed by atoms with E-state index in [9.17, 15) is 0 Å². The van der Waals surface area contributed by atoms with E-state index in [4.69, 9.17) is 13.6 Å². The average Bonchev–Trinajstić information content (AvgIpc) is 4.05. The third-order valence-corrected chi connectivity index (χ3v) is 16.4. The molecule has 3 aliphatic rings. The number of anilines is 3. The second-order valence-electron chi connectivity index (χ2n) is 19.1. The van der Waals surface area contributed by atoms with Gasteiger partial charge in [0.25, 0.3) is 0 Å². The number of ether oxygens (including phenoxy) is 1. The monoisotopic (exact) mass is 903 g/mol. The van der Waals surface area contributed by atoms with E-state index in [-0.39, 0.29) is 5.41 Å². The normalized spacial score (nSPS) is 14.5. The van der Waals surface area contributed by atoms with E-state index in [0.29, 0.717) is 0 Å². The molecule has 2 aromatic heterocycles. The first-order chi connectivity index (χ1) is 33.9. The Balaban J connectivity index is 0.989. The SMILES string of the molecule is CC1(C)c2ccccc2-c2ccc(N(c3ccc(-c4ccccc4)cc3)c3ccc4c(c3)Oc3ccccc3C43c4ccc5c(oc6ccccc65)c4Sc4c3ccc3c4oc4ccccc43)cc21. The van der Waals surface area contributed by atoms with Crippen molar-refractivity contribution in [1.82, 2.24) is 0 Å². The van der Waals surface area contributed by atoms with E-state index in [2.05, 4.69) is 219 Å². The van der Waals surface area contributed by atoms with Gasteiger partial charge >= 0.3 is 0 Å². The maximum Gasteiger partial charge on any atom is 0.149 e. The summed E-state index contributed by atoms with van der Waals surface area (Å²) in [6.07, 6.45) is 0. The van der Waals surface area contributed by atoms with Crippen LogP contribution in [0.5, 0.6) is 11.5 Å². The molecule has 0 unspecified atom stereocenters. The molecule has 12 aromatic rings. The number of fused-ring (bicyclic) bond motifs is 19. The molecule has 4 heterocycles. The Morgan fingerprint density at radius 3 is 1.61 bits per heavy atom. The minimum absolute atomic E-state index is 0.171. The zero-order valence-corrected chi connectivity index (χ0v) is 38.6. The molecular formula is C64H41NO3S. The molecule has 0 saturated heterocycles. The summed E-state index contributed by atoms with van der Waals surface area (Å²) in [6, 6.07) is 76.7. The van der Waals surface area contributed by atoms with Crippen LogP contribution in [0.4, 0.5) is 17.1 Å². The summed E-state index contributed by atoms with van der Waals surface area (Å²) < 4.78 is 21.0. The Morgan fingerprint density at radius 2 is 0.899 bits per heavy atom. The first kappa shape index (κ1) is 38.8. The summed E-state index contributed by atoms with van der Waals surface area (Å²) in [5, 5.41) is 4.40. The van der Waals surface area contributed by atoms with Crippen molar-refractivity contribution < 1.29 is 13.6 Å². The number of rotatable bonds is 4. The molecule has 0 radical (unpaired) electrons. The van der Waals surface area contributed by atoms with Gasteiger partial charge in [-0.15, -0.1) is 0 Å². The van der Waals surface area contributed by atoms with E-state index >= 15 is 0 Å². The summed E-state index contributed by atoms with van der Waals surface area (Å²) in [4.78, 5) is 4.55. The van der Waals surface area contributed by atoms with Gasteiger partial charge in [0, 0.05) is 61.2 Å². The molecule has 0 bridgehead atoms. The highest BCUT2D eigenvalue weighted by Crippen LogP contribution is 2.64. The average molecular weight is 904 g/mol. The van der Waals surface area contributed by atoms with Crippen molar-refractivity contribution in [2.75, 3.05) is 4.90 Å². The predicted molar refractivity (Wildman–Crippen MR) is 281 cm³/mol. The van der Waals surface area contributed by atoms with Crippen LogP contribution in [0, 0.1) is 0 Å². The van der Waals surface area contributed by atoms with Crippen molar-refractivity contribution in [2.45, 2.75) is 34.5 Å². The smallest absolute Gasteiger partial charge is 0.149 e. The quantitative estimate of drug-likeness (QED) is 0.176. The second-order valence-corrected chi connectivity index (χ2v) is 20.1. The molecular weight excluding hydrogens is 863 g/mol. The van der Waals surface area contributed by atoms with Gasteiger partial charge in [-0.3, -0.25) is 0 Å². The molecule has 10 aromatic carbocycles. The van der Waals surface area contributed by atoms with Gasteiger partial charge in [-0.25, -0.2) is 0 Å². The van der Waals surface area contributed by atoms with Crippen molar-refractivity contribution in [3.8, 4) is 33.8 Å². The molecule has 0 amide bonds. The zero-order chi connectivity index (χ0) is 45.6. The van der Waals surface area contributed by atoms with Gasteiger partial charge in [0.1, 0.15) is 33.8 Å². The Hall–Kier alpha value is -8.25. The van der Waals surface area contributed by atoms with E-state index in [0.717, 1.165) is 104 Å². The lowest BCUT2D eigenvalue weighted by molar-refractivity contribution is 0.431. The van der Waals surface area contributed by atoms with Gasteiger partial charge in [0.2, 0.25) is 0 Å². The van der Waals surface area contributed by atoms with Crippen molar-refractivity contribution in [1.29, 1.82) is 0 Å². The summed E-state index contributed by atoms with van der Waals surface area (Å²) in [6.45, 7) is 4.70. The van der Waals surface area contributed by atoms with E-state index in [1.165, 1.54) is 33.4 Å². The van der Waals surface area contributed by atoms with Gasteiger partial charge in [0.15, 0.2) is 0 Å². The molecule has 69 heavy (non-hydrogen) atoms. The van der Waals surface area contributed by atoms with Crippen LogP contribution >= 0.6 is 11.8 Å².